The van der Waals surface area contributed by atoms with Crippen LogP contribution in [0.3, 0.4) is 0 Å². The zero-order valence-corrected chi connectivity index (χ0v) is 8.66. The number of phenolic OH excluding ortho intramolecular Hbond substituents is 1. The summed E-state index contributed by atoms with van der Waals surface area (Å²) in [6.07, 6.45) is 1.49. The number of fused-ring (bicyclic) bond motifs is 1. The molecule has 2 N–H and O–H groups in total. The Morgan fingerprint density at radius 2 is 2.00 bits per heavy atom. The highest BCUT2D eigenvalue weighted by Crippen LogP contribution is 2.38. The van der Waals surface area contributed by atoms with Gasteiger partial charge in [-0.15, -0.1) is 0 Å². The van der Waals surface area contributed by atoms with Crippen molar-refractivity contribution in [2.24, 2.45) is 0 Å². The number of hydrogen-bond acceptors (Lipinski definition) is 4. The van der Waals surface area contributed by atoms with E-state index in [9.17, 15) is 13.5 Å². The molecule has 5 heteroatoms. The van der Waals surface area contributed by atoms with Gasteiger partial charge in [-0.25, -0.2) is 8.42 Å². The van der Waals surface area contributed by atoms with Gasteiger partial charge in [0.2, 0.25) is 9.84 Å². The normalized spacial score (nSPS) is 17.3. The van der Waals surface area contributed by atoms with Crippen molar-refractivity contribution in [2.45, 2.75) is 11.3 Å². The molecule has 0 saturated heterocycles. The molecule has 1 heterocycles. The minimum Gasteiger partial charge on any atom is -0.507 e. The number of aliphatic hydroxyl groups is 1. The van der Waals surface area contributed by atoms with Gasteiger partial charge in [0.05, 0.1) is 9.80 Å². The van der Waals surface area contributed by atoms with Crippen LogP contribution < -0.4 is 0 Å². The van der Waals surface area contributed by atoms with E-state index in [1.54, 1.807) is 0 Å². The van der Waals surface area contributed by atoms with Crippen LogP contribution in [0.25, 0.3) is 6.08 Å². The summed E-state index contributed by atoms with van der Waals surface area (Å²) < 4.78 is 23.7. The minimum absolute atomic E-state index is 0.0518. The molecule has 15 heavy (non-hydrogen) atoms. The molecule has 0 unspecified atom stereocenters. The standard InChI is InChI=1S/C10H10O4S/c11-5-4-7-6-8-9(12)2-1-3-10(8)15(7,13)14/h1-3,6,11-12H,4-5H2. The maximum absolute atomic E-state index is 11.8. The van der Waals surface area contributed by atoms with Gasteiger partial charge in [-0.05, 0) is 18.2 Å². The smallest absolute Gasteiger partial charge is 0.203 e. The summed E-state index contributed by atoms with van der Waals surface area (Å²) in [5.41, 5.74) is 0.320. The van der Waals surface area contributed by atoms with Crippen molar-refractivity contribution >= 4 is 15.9 Å². The fourth-order valence-corrected chi connectivity index (χ4v) is 3.23. The maximum atomic E-state index is 11.8. The first kappa shape index (κ1) is 10.2. The Bertz CT molecular complexity index is 528. The number of aromatic hydroxyl groups is 1. The third-order valence-corrected chi connectivity index (χ3v) is 4.29. The third kappa shape index (κ3) is 1.44. The molecule has 0 radical (unpaired) electrons. The molecule has 2 rings (SSSR count). The minimum atomic E-state index is -3.49. The molecule has 1 aliphatic rings. The molecule has 0 fully saturated rings. The Morgan fingerprint density at radius 3 is 2.60 bits per heavy atom. The van der Waals surface area contributed by atoms with E-state index in [4.69, 9.17) is 5.11 Å². The summed E-state index contributed by atoms with van der Waals surface area (Å²) in [7, 11) is -3.49. The lowest BCUT2D eigenvalue weighted by molar-refractivity contribution is 0.301. The number of benzene rings is 1. The second-order valence-corrected chi connectivity index (χ2v) is 5.25. The van der Waals surface area contributed by atoms with E-state index in [2.05, 4.69) is 0 Å². The predicted octanol–water partition coefficient (Wildman–Crippen LogP) is 0.903. The summed E-state index contributed by atoms with van der Waals surface area (Å²) >= 11 is 0. The van der Waals surface area contributed by atoms with Gasteiger partial charge in [0.1, 0.15) is 5.75 Å². The summed E-state index contributed by atoms with van der Waals surface area (Å²) in [4.78, 5) is 0.271. The van der Waals surface area contributed by atoms with Gasteiger partial charge in [-0.2, -0.15) is 0 Å². The first-order valence-corrected chi connectivity index (χ1v) is 5.94. The molecule has 0 saturated carbocycles. The number of aliphatic hydroxyl groups excluding tert-OH is 1. The van der Waals surface area contributed by atoms with Crippen molar-refractivity contribution in [3.8, 4) is 5.75 Å². The first-order valence-electron chi connectivity index (χ1n) is 4.46. The lowest BCUT2D eigenvalue weighted by Gasteiger charge is -2.01. The van der Waals surface area contributed by atoms with Gasteiger partial charge in [0, 0.05) is 18.6 Å². The van der Waals surface area contributed by atoms with Gasteiger partial charge < -0.3 is 10.2 Å². The van der Waals surface area contributed by atoms with Crippen molar-refractivity contribution in [3.63, 3.8) is 0 Å². The van der Waals surface area contributed by atoms with Crippen LogP contribution in [-0.2, 0) is 9.84 Å². The van der Waals surface area contributed by atoms with E-state index >= 15 is 0 Å². The third-order valence-electron chi connectivity index (χ3n) is 2.34. The Hall–Kier alpha value is -1.33. The molecule has 0 amide bonds. The summed E-state index contributed by atoms with van der Waals surface area (Å²) in [5.74, 6) is -0.0518. The van der Waals surface area contributed by atoms with E-state index in [0.29, 0.717) is 5.56 Å². The van der Waals surface area contributed by atoms with E-state index in [1.165, 1.54) is 24.3 Å². The molecule has 4 nitrogen and oxygen atoms in total. The molecule has 0 bridgehead atoms. The molecule has 0 atom stereocenters. The second-order valence-electron chi connectivity index (χ2n) is 3.28. The summed E-state index contributed by atoms with van der Waals surface area (Å²) in [6, 6.07) is 4.37. The average Bonchev–Trinajstić information content (AvgIpc) is 2.43. The molecule has 0 aliphatic carbocycles. The fourth-order valence-electron chi connectivity index (χ4n) is 1.61. The topological polar surface area (TPSA) is 74.6 Å². The van der Waals surface area contributed by atoms with E-state index in [0.717, 1.165) is 0 Å². The Kier molecular flexibility index (Phi) is 2.28. The monoisotopic (exact) mass is 226 g/mol. The van der Waals surface area contributed by atoms with Gasteiger partial charge in [-0.3, -0.25) is 0 Å². The number of rotatable bonds is 2. The Labute approximate surface area is 87.4 Å². The largest absolute Gasteiger partial charge is 0.507 e. The number of phenols is 1. The lowest BCUT2D eigenvalue weighted by Crippen LogP contribution is -2.02. The van der Waals surface area contributed by atoms with Crippen LogP contribution in [0.2, 0.25) is 0 Å². The predicted molar refractivity (Wildman–Crippen MR) is 55.0 cm³/mol. The first-order chi connectivity index (χ1) is 7.07. The van der Waals surface area contributed by atoms with E-state index in [-0.39, 0.29) is 28.6 Å². The summed E-state index contributed by atoms with van der Waals surface area (Å²) in [6.45, 7) is -0.222. The van der Waals surface area contributed by atoms with Crippen LogP contribution >= 0.6 is 0 Å². The lowest BCUT2D eigenvalue weighted by atomic mass is 10.2. The van der Waals surface area contributed by atoms with Crippen LogP contribution in [0, 0.1) is 0 Å². The molecular weight excluding hydrogens is 216 g/mol. The molecular formula is C10H10O4S. The van der Waals surface area contributed by atoms with Crippen LogP contribution in [0.15, 0.2) is 28.0 Å². The Morgan fingerprint density at radius 1 is 1.27 bits per heavy atom. The highest BCUT2D eigenvalue weighted by Gasteiger charge is 2.30. The van der Waals surface area contributed by atoms with E-state index < -0.39 is 9.84 Å². The quantitative estimate of drug-likeness (QED) is 0.785. The van der Waals surface area contributed by atoms with Crippen molar-refractivity contribution in [1.82, 2.24) is 0 Å². The Balaban J connectivity index is 2.64. The number of hydrogen-bond donors (Lipinski definition) is 2. The zero-order chi connectivity index (χ0) is 11.1. The molecule has 1 aromatic carbocycles. The second kappa shape index (κ2) is 3.36. The van der Waals surface area contributed by atoms with Crippen LogP contribution in [0.5, 0.6) is 5.75 Å². The number of sulfone groups is 1. The zero-order valence-electron chi connectivity index (χ0n) is 7.84. The van der Waals surface area contributed by atoms with E-state index in [1.807, 2.05) is 0 Å². The molecule has 80 valence electrons. The molecule has 1 aromatic rings. The van der Waals surface area contributed by atoms with Crippen LogP contribution in [0.4, 0.5) is 0 Å². The van der Waals surface area contributed by atoms with Gasteiger partial charge in [0.15, 0.2) is 0 Å². The highest BCUT2D eigenvalue weighted by molar-refractivity contribution is 7.95. The molecule has 0 spiro atoms. The highest BCUT2D eigenvalue weighted by atomic mass is 32.2. The molecule has 0 aromatic heterocycles. The average molecular weight is 226 g/mol. The fraction of sp³-hybridized carbons (Fsp3) is 0.200. The van der Waals surface area contributed by atoms with Gasteiger partial charge >= 0.3 is 0 Å². The van der Waals surface area contributed by atoms with Crippen LogP contribution in [-0.4, -0.2) is 25.2 Å². The van der Waals surface area contributed by atoms with Gasteiger partial charge in [0.25, 0.3) is 0 Å². The summed E-state index contributed by atoms with van der Waals surface area (Å²) in [5, 5.41) is 18.2. The van der Waals surface area contributed by atoms with Crippen molar-refractivity contribution in [1.29, 1.82) is 0 Å². The maximum Gasteiger partial charge on any atom is 0.203 e. The van der Waals surface area contributed by atoms with Crippen molar-refractivity contribution in [3.05, 3.63) is 28.7 Å². The molecule has 1 aliphatic heterocycles. The van der Waals surface area contributed by atoms with Crippen molar-refractivity contribution < 1.29 is 18.6 Å². The van der Waals surface area contributed by atoms with Gasteiger partial charge in [-0.1, -0.05) is 6.07 Å². The van der Waals surface area contributed by atoms with Crippen LogP contribution in [0.1, 0.15) is 12.0 Å². The van der Waals surface area contributed by atoms with Crippen molar-refractivity contribution in [2.75, 3.05) is 6.61 Å². The SMILES string of the molecule is O=S1(=O)C(CCO)=Cc2c(O)cccc21.